The smallest absolute Gasteiger partial charge is 0.224 e. The molecule has 2 heterocycles. The number of carbonyl (C=O) groups is 1. The van der Waals surface area contributed by atoms with Crippen LogP contribution in [0.2, 0.25) is 0 Å². The van der Waals surface area contributed by atoms with Crippen molar-refractivity contribution in [3.63, 3.8) is 0 Å². The Morgan fingerprint density at radius 3 is 2.90 bits per heavy atom. The minimum atomic E-state index is 0.109. The standard InChI is InChI=1S/C16H19N3O/c1-10-13(9-17-2)8-15(18-10)12-3-5-14-11(7-12)4-6-16(20)19-14/h3,5,7-8,17-18H,4,6,9H2,1-2H3,(H,19,20). The van der Waals surface area contributed by atoms with Crippen molar-refractivity contribution in [3.05, 3.63) is 41.1 Å². The minimum Gasteiger partial charge on any atom is -0.358 e. The fourth-order valence-electron chi connectivity index (χ4n) is 2.68. The summed E-state index contributed by atoms with van der Waals surface area (Å²) in [4.78, 5) is 14.8. The molecule has 0 atom stereocenters. The highest BCUT2D eigenvalue weighted by Crippen LogP contribution is 2.29. The van der Waals surface area contributed by atoms with Gasteiger partial charge in [0.2, 0.25) is 5.91 Å². The lowest BCUT2D eigenvalue weighted by Gasteiger charge is -2.17. The van der Waals surface area contributed by atoms with E-state index in [0.29, 0.717) is 6.42 Å². The quantitative estimate of drug-likeness (QED) is 0.802. The van der Waals surface area contributed by atoms with Crippen LogP contribution in [0, 0.1) is 6.92 Å². The van der Waals surface area contributed by atoms with E-state index in [9.17, 15) is 4.79 Å². The second-order valence-corrected chi connectivity index (χ2v) is 5.28. The molecule has 0 aliphatic carbocycles. The summed E-state index contributed by atoms with van der Waals surface area (Å²) in [6.07, 6.45) is 1.39. The first-order chi connectivity index (χ1) is 9.67. The van der Waals surface area contributed by atoms with Crippen LogP contribution in [0.3, 0.4) is 0 Å². The second-order valence-electron chi connectivity index (χ2n) is 5.28. The molecule has 3 rings (SSSR count). The largest absolute Gasteiger partial charge is 0.358 e. The zero-order valence-corrected chi connectivity index (χ0v) is 11.8. The van der Waals surface area contributed by atoms with Gasteiger partial charge in [-0.1, -0.05) is 6.07 Å². The van der Waals surface area contributed by atoms with E-state index < -0.39 is 0 Å². The van der Waals surface area contributed by atoms with Crippen molar-refractivity contribution < 1.29 is 4.79 Å². The number of carbonyl (C=O) groups excluding carboxylic acids is 1. The lowest BCUT2D eigenvalue weighted by molar-refractivity contribution is -0.116. The number of hydrogen-bond acceptors (Lipinski definition) is 2. The molecule has 0 saturated carbocycles. The summed E-state index contributed by atoms with van der Waals surface area (Å²) in [7, 11) is 1.95. The molecular formula is C16H19N3O. The first-order valence-corrected chi connectivity index (χ1v) is 6.93. The maximum absolute atomic E-state index is 11.4. The van der Waals surface area contributed by atoms with Crippen molar-refractivity contribution in [2.24, 2.45) is 0 Å². The van der Waals surface area contributed by atoms with Gasteiger partial charge in [0.05, 0.1) is 0 Å². The van der Waals surface area contributed by atoms with E-state index in [4.69, 9.17) is 0 Å². The van der Waals surface area contributed by atoms with Crippen molar-refractivity contribution in [1.29, 1.82) is 0 Å². The van der Waals surface area contributed by atoms with E-state index in [1.807, 2.05) is 13.1 Å². The van der Waals surface area contributed by atoms with Gasteiger partial charge >= 0.3 is 0 Å². The molecule has 0 unspecified atom stereocenters. The molecule has 0 spiro atoms. The summed E-state index contributed by atoms with van der Waals surface area (Å²) < 4.78 is 0. The number of rotatable bonds is 3. The number of amides is 1. The van der Waals surface area contributed by atoms with Gasteiger partial charge in [0.15, 0.2) is 0 Å². The molecule has 0 fully saturated rings. The number of nitrogens with one attached hydrogen (secondary N) is 3. The Balaban J connectivity index is 1.95. The Morgan fingerprint density at radius 1 is 1.25 bits per heavy atom. The van der Waals surface area contributed by atoms with Crippen molar-refractivity contribution in [2.45, 2.75) is 26.3 Å². The van der Waals surface area contributed by atoms with E-state index in [0.717, 1.165) is 24.3 Å². The fraction of sp³-hybridized carbons (Fsp3) is 0.312. The van der Waals surface area contributed by atoms with Crippen molar-refractivity contribution in [2.75, 3.05) is 12.4 Å². The normalized spacial score (nSPS) is 14.0. The minimum absolute atomic E-state index is 0.109. The van der Waals surface area contributed by atoms with Gasteiger partial charge in [-0.25, -0.2) is 0 Å². The van der Waals surface area contributed by atoms with E-state index >= 15 is 0 Å². The van der Waals surface area contributed by atoms with E-state index in [1.165, 1.54) is 22.4 Å². The van der Waals surface area contributed by atoms with Crippen LogP contribution in [-0.4, -0.2) is 17.9 Å². The number of benzene rings is 1. The molecule has 1 aliphatic heterocycles. The maximum Gasteiger partial charge on any atom is 0.224 e. The first-order valence-electron chi connectivity index (χ1n) is 6.93. The van der Waals surface area contributed by atoms with Crippen molar-refractivity contribution in [3.8, 4) is 11.3 Å². The maximum atomic E-state index is 11.4. The topological polar surface area (TPSA) is 56.9 Å². The highest BCUT2D eigenvalue weighted by atomic mass is 16.1. The molecular weight excluding hydrogens is 250 g/mol. The molecule has 4 nitrogen and oxygen atoms in total. The zero-order valence-electron chi connectivity index (χ0n) is 11.8. The molecule has 104 valence electrons. The third kappa shape index (κ3) is 2.34. The van der Waals surface area contributed by atoms with Gasteiger partial charge in [-0.05, 0) is 55.3 Å². The van der Waals surface area contributed by atoms with Gasteiger partial charge in [0.25, 0.3) is 0 Å². The number of H-pyrrole nitrogens is 1. The molecule has 3 N–H and O–H groups in total. The molecule has 20 heavy (non-hydrogen) atoms. The van der Waals surface area contributed by atoms with Crippen LogP contribution in [0.4, 0.5) is 5.69 Å². The number of aryl methyl sites for hydroxylation is 2. The van der Waals surface area contributed by atoms with Crippen LogP contribution in [0.1, 0.15) is 23.2 Å². The Hall–Kier alpha value is -2.07. The monoisotopic (exact) mass is 269 g/mol. The molecule has 4 heteroatoms. The van der Waals surface area contributed by atoms with Gasteiger partial charge in [-0.2, -0.15) is 0 Å². The summed E-state index contributed by atoms with van der Waals surface area (Å²) in [6.45, 7) is 2.96. The van der Waals surface area contributed by atoms with Crippen LogP contribution in [0.15, 0.2) is 24.3 Å². The van der Waals surface area contributed by atoms with Gasteiger partial charge in [-0.15, -0.1) is 0 Å². The van der Waals surface area contributed by atoms with Crippen LogP contribution in [0.5, 0.6) is 0 Å². The number of anilines is 1. The van der Waals surface area contributed by atoms with E-state index in [2.05, 4.69) is 40.7 Å². The summed E-state index contributed by atoms with van der Waals surface area (Å²) >= 11 is 0. The van der Waals surface area contributed by atoms with Crippen LogP contribution in [0.25, 0.3) is 11.3 Å². The Morgan fingerprint density at radius 2 is 2.10 bits per heavy atom. The number of aromatic amines is 1. The summed E-state index contributed by atoms with van der Waals surface area (Å²) in [5, 5.41) is 6.09. The molecule has 2 aromatic rings. The number of aromatic nitrogens is 1. The zero-order chi connectivity index (χ0) is 14.1. The average Bonchev–Trinajstić information content (AvgIpc) is 2.80. The van der Waals surface area contributed by atoms with Crippen molar-refractivity contribution in [1.82, 2.24) is 10.3 Å². The molecule has 0 bridgehead atoms. The number of fused-ring (bicyclic) bond motifs is 1. The Kier molecular flexibility index (Phi) is 3.32. The van der Waals surface area contributed by atoms with E-state index in [-0.39, 0.29) is 5.91 Å². The Bertz CT molecular complexity index is 658. The van der Waals surface area contributed by atoms with Crippen LogP contribution < -0.4 is 10.6 Å². The molecule has 1 aliphatic rings. The average molecular weight is 269 g/mol. The SMILES string of the molecule is CNCc1cc(-c2ccc3c(c2)CCC(=O)N3)[nH]c1C. The highest BCUT2D eigenvalue weighted by Gasteiger charge is 2.15. The number of hydrogen-bond donors (Lipinski definition) is 3. The van der Waals surface area contributed by atoms with E-state index in [1.54, 1.807) is 0 Å². The summed E-state index contributed by atoms with van der Waals surface area (Å²) in [5.41, 5.74) is 6.94. The molecule has 1 aromatic heterocycles. The molecule has 0 saturated heterocycles. The fourth-order valence-corrected chi connectivity index (χ4v) is 2.68. The van der Waals surface area contributed by atoms with Crippen molar-refractivity contribution >= 4 is 11.6 Å². The Labute approximate surface area is 118 Å². The molecule has 1 aromatic carbocycles. The summed E-state index contributed by atoms with van der Waals surface area (Å²) in [6, 6.07) is 8.41. The third-order valence-electron chi connectivity index (χ3n) is 3.80. The summed E-state index contributed by atoms with van der Waals surface area (Å²) in [5.74, 6) is 0.109. The lowest BCUT2D eigenvalue weighted by atomic mass is 9.99. The lowest BCUT2D eigenvalue weighted by Crippen LogP contribution is -2.18. The van der Waals surface area contributed by atoms with Crippen LogP contribution in [-0.2, 0) is 17.8 Å². The second kappa shape index (κ2) is 5.13. The third-order valence-corrected chi connectivity index (χ3v) is 3.80. The molecule has 1 amide bonds. The highest BCUT2D eigenvalue weighted by molar-refractivity contribution is 5.94. The van der Waals surface area contributed by atoms with Gasteiger partial charge in [-0.3, -0.25) is 4.79 Å². The first kappa shape index (κ1) is 12.9. The van der Waals surface area contributed by atoms with Gasteiger partial charge in [0.1, 0.15) is 0 Å². The van der Waals surface area contributed by atoms with Gasteiger partial charge in [0, 0.05) is 30.0 Å². The molecule has 0 radical (unpaired) electrons. The predicted molar refractivity (Wildman–Crippen MR) is 80.7 cm³/mol. The van der Waals surface area contributed by atoms with Crippen LogP contribution >= 0.6 is 0 Å². The van der Waals surface area contributed by atoms with Gasteiger partial charge < -0.3 is 15.6 Å². The predicted octanol–water partition coefficient (Wildman–Crippen LogP) is 2.59.